The minimum absolute atomic E-state index is 0.189. The van der Waals surface area contributed by atoms with E-state index in [0.29, 0.717) is 6.54 Å². The lowest BCUT2D eigenvalue weighted by molar-refractivity contribution is 0.899. The molecule has 0 saturated carbocycles. The van der Waals surface area contributed by atoms with Crippen molar-refractivity contribution >= 4 is 16.9 Å². The number of benzene rings is 1. The number of H-pyrrole nitrogens is 2. The van der Waals surface area contributed by atoms with Gasteiger partial charge in [0.25, 0.3) is 0 Å². The predicted molar refractivity (Wildman–Crippen MR) is 104 cm³/mol. The summed E-state index contributed by atoms with van der Waals surface area (Å²) < 4.78 is 0. The van der Waals surface area contributed by atoms with Gasteiger partial charge in [-0.25, -0.2) is 14.8 Å². The molecule has 27 heavy (non-hydrogen) atoms. The third-order valence-electron chi connectivity index (χ3n) is 4.91. The third-order valence-corrected chi connectivity index (χ3v) is 4.91. The Hall–Kier alpha value is -3.48. The number of imidazole rings is 1. The van der Waals surface area contributed by atoms with Crippen LogP contribution in [0.1, 0.15) is 23.2 Å². The largest absolute Gasteiger partial charge is 0.366 e. The summed E-state index contributed by atoms with van der Waals surface area (Å²) in [5.74, 6) is 1.62. The summed E-state index contributed by atoms with van der Waals surface area (Å²) in [6, 6.07) is 9.75. The van der Waals surface area contributed by atoms with Crippen LogP contribution in [0.5, 0.6) is 0 Å². The van der Waals surface area contributed by atoms with Gasteiger partial charge in [0.05, 0.1) is 11.0 Å². The number of fused-ring (bicyclic) bond motifs is 2. The first-order valence-corrected chi connectivity index (χ1v) is 9.01. The first-order valence-electron chi connectivity index (χ1n) is 9.01. The summed E-state index contributed by atoms with van der Waals surface area (Å²) in [4.78, 5) is 30.6. The maximum Gasteiger partial charge on any atom is 0.323 e. The van der Waals surface area contributed by atoms with Crippen LogP contribution in [0.2, 0.25) is 0 Å². The van der Waals surface area contributed by atoms with E-state index in [-0.39, 0.29) is 5.69 Å². The number of rotatable bonds is 4. The zero-order valence-electron chi connectivity index (χ0n) is 14.6. The van der Waals surface area contributed by atoms with Crippen LogP contribution in [-0.2, 0) is 19.4 Å². The monoisotopic (exact) mass is 358 g/mol. The molecule has 0 amide bonds. The van der Waals surface area contributed by atoms with Crippen LogP contribution in [0.25, 0.3) is 22.4 Å². The molecule has 7 nitrogen and oxygen atoms in total. The highest BCUT2D eigenvalue weighted by Gasteiger charge is 2.19. The molecule has 0 spiro atoms. The van der Waals surface area contributed by atoms with Crippen LogP contribution in [0, 0.1) is 0 Å². The summed E-state index contributed by atoms with van der Waals surface area (Å²) >= 11 is 0. The average Bonchev–Trinajstić information content (AvgIpc) is 3.31. The summed E-state index contributed by atoms with van der Waals surface area (Å²) in [6.07, 6.45) is 6.60. The molecule has 3 N–H and O–H groups in total. The zero-order valence-corrected chi connectivity index (χ0v) is 14.6. The second-order valence-corrected chi connectivity index (χ2v) is 6.72. The van der Waals surface area contributed by atoms with Crippen LogP contribution in [0.3, 0.4) is 0 Å². The van der Waals surface area contributed by atoms with Gasteiger partial charge in [0, 0.05) is 35.8 Å². The molecular weight excluding hydrogens is 340 g/mol. The molecule has 1 aliphatic carbocycles. The fourth-order valence-electron chi connectivity index (χ4n) is 3.58. The smallest absolute Gasteiger partial charge is 0.323 e. The Bertz CT molecular complexity index is 1180. The highest BCUT2D eigenvalue weighted by Crippen LogP contribution is 2.29. The molecule has 3 heterocycles. The van der Waals surface area contributed by atoms with Crippen molar-refractivity contribution in [2.45, 2.75) is 25.8 Å². The highest BCUT2D eigenvalue weighted by atomic mass is 16.1. The van der Waals surface area contributed by atoms with Gasteiger partial charge in [-0.1, -0.05) is 6.07 Å². The number of aryl methyl sites for hydroxylation is 1. The van der Waals surface area contributed by atoms with E-state index in [0.717, 1.165) is 58.8 Å². The molecule has 4 aromatic rings. The number of hydrogen-bond donors (Lipinski definition) is 3. The first-order chi connectivity index (χ1) is 13.3. The minimum Gasteiger partial charge on any atom is -0.366 e. The van der Waals surface area contributed by atoms with Gasteiger partial charge in [-0.2, -0.15) is 0 Å². The number of pyridine rings is 1. The number of aromatic nitrogens is 5. The summed E-state index contributed by atoms with van der Waals surface area (Å²) in [5, 5.41) is 3.47. The molecule has 1 aliphatic rings. The normalized spacial score (nSPS) is 13.0. The van der Waals surface area contributed by atoms with Gasteiger partial charge < -0.3 is 15.3 Å². The molecule has 0 unspecified atom stereocenters. The zero-order chi connectivity index (χ0) is 18.2. The van der Waals surface area contributed by atoms with E-state index in [2.05, 4.69) is 20.3 Å². The van der Waals surface area contributed by atoms with Gasteiger partial charge >= 0.3 is 5.69 Å². The Balaban J connectivity index is 1.46. The molecule has 0 atom stereocenters. The molecule has 0 aliphatic heterocycles. The van der Waals surface area contributed by atoms with Gasteiger partial charge in [-0.15, -0.1) is 0 Å². The van der Waals surface area contributed by atoms with E-state index in [1.54, 1.807) is 12.4 Å². The second-order valence-electron chi connectivity index (χ2n) is 6.72. The van der Waals surface area contributed by atoms with Crippen molar-refractivity contribution < 1.29 is 0 Å². The van der Waals surface area contributed by atoms with E-state index >= 15 is 0 Å². The molecular formula is C20H18N6O. The molecule has 5 rings (SSSR count). The second kappa shape index (κ2) is 6.35. The van der Waals surface area contributed by atoms with E-state index in [1.165, 1.54) is 5.56 Å². The Labute approximate surface area is 154 Å². The highest BCUT2D eigenvalue weighted by molar-refractivity contribution is 5.75. The quantitative estimate of drug-likeness (QED) is 0.521. The fourth-order valence-corrected chi connectivity index (χ4v) is 3.58. The van der Waals surface area contributed by atoms with Crippen molar-refractivity contribution in [1.29, 1.82) is 0 Å². The summed E-state index contributed by atoms with van der Waals surface area (Å²) in [6.45, 7) is 0.627. The summed E-state index contributed by atoms with van der Waals surface area (Å²) in [5.41, 5.74) is 5.82. The fraction of sp³-hybridized carbons (Fsp3) is 0.200. The van der Waals surface area contributed by atoms with E-state index < -0.39 is 0 Å². The van der Waals surface area contributed by atoms with Gasteiger partial charge in [-0.3, -0.25) is 4.98 Å². The minimum atomic E-state index is -0.189. The van der Waals surface area contributed by atoms with Crippen LogP contribution < -0.4 is 11.0 Å². The molecule has 0 radical (unpaired) electrons. The van der Waals surface area contributed by atoms with Crippen LogP contribution in [0.15, 0.2) is 47.5 Å². The maximum atomic E-state index is 11.4. The Morgan fingerprint density at radius 1 is 1.00 bits per heavy atom. The van der Waals surface area contributed by atoms with Gasteiger partial charge in [0.1, 0.15) is 5.82 Å². The van der Waals surface area contributed by atoms with Crippen molar-refractivity contribution in [3.05, 3.63) is 70.0 Å². The Kier molecular flexibility index (Phi) is 3.71. The lowest BCUT2D eigenvalue weighted by Gasteiger charge is -2.12. The summed E-state index contributed by atoms with van der Waals surface area (Å²) in [7, 11) is 0. The van der Waals surface area contributed by atoms with Crippen molar-refractivity contribution in [2.24, 2.45) is 0 Å². The van der Waals surface area contributed by atoms with Crippen LogP contribution in [0.4, 0.5) is 5.82 Å². The average molecular weight is 358 g/mol. The van der Waals surface area contributed by atoms with Crippen LogP contribution >= 0.6 is 0 Å². The topological polar surface area (TPSA) is 99.3 Å². The third kappa shape index (κ3) is 2.97. The Morgan fingerprint density at radius 3 is 2.74 bits per heavy atom. The number of nitrogens with one attached hydrogen (secondary N) is 3. The van der Waals surface area contributed by atoms with E-state index in [4.69, 9.17) is 9.97 Å². The van der Waals surface area contributed by atoms with Gasteiger partial charge in [0.15, 0.2) is 5.82 Å². The van der Waals surface area contributed by atoms with Gasteiger partial charge in [0.2, 0.25) is 0 Å². The molecule has 7 heteroatoms. The standard InChI is InChI=1S/C20H18N6O/c27-20-24-16-5-4-12(10-17(16)25-20)11-22-19-14-2-1-3-15(14)23-18(26-19)13-6-8-21-9-7-13/h4-10H,1-3,11H2,(H,22,23,26)(H2,24,25,27). The molecule has 3 aromatic heterocycles. The number of aromatic amines is 2. The molecule has 0 bridgehead atoms. The van der Waals surface area contributed by atoms with Crippen molar-refractivity contribution in [2.75, 3.05) is 5.32 Å². The van der Waals surface area contributed by atoms with Crippen molar-refractivity contribution in [3.8, 4) is 11.4 Å². The number of anilines is 1. The number of hydrogen-bond acceptors (Lipinski definition) is 5. The van der Waals surface area contributed by atoms with E-state index in [9.17, 15) is 4.79 Å². The lowest BCUT2D eigenvalue weighted by atomic mass is 10.1. The van der Waals surface area contributed by atoms with Crippen LogP contribution in [-0.4, -0.2) is 24.9 Å². The Morgan fingerprint density at radius 2 is 1.85 bits per heavy atom. The van der Waals surface area contributed by atoms with Crippen molar-refractivity contribution in [1.82, 2.24) is 24.9 Å². The predicted octanol–water partition coefficient (Wildman–Crippen LogP) is 2.81. The maximum absolute atomic E-state index is 11.4. The molecule has 1 aromatic carbocycles. The molecule has 0 fully saturated rings. The first kappa shape index (κ1) is 15.7. The lowest BCUT2D eigenvalue weighted by Crippen LogP contribution is -2.07. The molecule has 134 valence electrons. The van der Waals surface area contributed by atoms with Gasteiger partial charge in [-0.05, 0) is 49.1 Å². The SMILES string of the molecule is O=c1[nH]c2ccc(CNc3nc(-c4ccncc4)nc4c3CCC4)cc2[nH]1. The van der Waals surface area contributed by atoms with E-state index in [1.807, 2.05) is 30.3 Å². The molecule has 0 saturated heterocycles. The number of nitrogens with zero attached hydrogens (tertiary/aromatic N) is 3. The van der Waals surface area contributed by atoms with Crippen molar-refractivity contribution in [3.63, 3.8) is 0 Å².